The van der Waals surface area contributed by atoms with Crippen molar-refractivity contribution in [2.45, 2.75) is 38.0 Å². The molecule has 0 radical (unpaired) electrons. The molecule has 0 spiro atoms. The summed E-state index contributed by atoms with van der Waals surface area (Å²) < 4.78 is 30.8. The SMILES string of the molecule is Cn1ncc2c1CCCC2NCC(O)c1cccc(OC(F)F)c1. The Bertz CT molecular complexity index is 690. The van der Waals surface area contributed by atoms with E-state index in [9.17, 15) is 13.9 Å². The van der Waals surface area contributed by atoms with Crippen molar-refractivity contribution < 1.29 is 18.6 Å². The van der Waals surface area contributed by atoms with Gasteiger partial charge in [0.05, 0.1) is 12.3 Å². The molecule has 5 nitrogen and oxygen atoms in total. The van der Waals surface area contributed by atoms with Gasteiger partial charge in [0.2, 0.25) is 0 Å². The largest absolute Gasteiger partial charge is 0.435 e. The number of hydrogen-bond donors (Lipinski definition) is 2. The Kier molecular flexibility index (Phi) is 5.11. The smallest absolute Gasteiger partial charge is 0.387 e. The summed E-state index contributed by atoms with van der Waals surface area (Å²) in [4.78, 5) is 0. The second-order valence-corrected chi connectivity index (χ2v) is 5.99. The Morgan fingerprint density at radius 2 is 2.29 bits per heavy atom. The molecule has 0 fully saturated rings. The summed E-state index contributed by atoms with van der Waals surface area (Å²) in [6.45, 7) is -2.54. The zero-order chi connectivity index (χ0) is 17.1. The van der Waals surface area contributed by atoms with E-state index in [4.69, 9.17) is 0 Å². The summed E-state index contributed by atoms with van der Waals surface area (Å²) in [7, 11) is 1.94. The van der Waals surface area contributed by atoms with E-state index in [0.29, 0.717) is 12.1 Å². The number of halogens is 2. The molecule has 3 rings (SSSR count). The summed E-state index contributed by atoms with van der Waals surface area (Å²) in [6, 6.07) is 6.32. The fraction of sp³-hybridized carbons (Fsp3) is 0.471. The van der Waals surface area contributed by atoms with E-state index in [2.05, 4.69) is 15.2 Å². The molecule has 2 atom stereocenters. The van der Waals surface area contributed by atoms with Gasteiger partial charge in [-0.15, -0.1) is 0 Å². The van der Waals surface area contributed by atoms with Crippen LogP contribution in [0.5, 0.6) is 5.75 Å². The molecule has 2 N–H and O–H groups in total. The van der Waals surface area contributed by atoms with E-state index in [1.807, 2.05) is 17.9 Å². The third-order valence-corrected chi connectivity index (χ3v) is 4.40. The number of nitrogens with zero attached hydrogens (tertiary/aromatic N) is 2. The van der Waals surface area contributed by atoms with Gasteiger partial charge < -0.3 is 15.2 Å². The van der Waals surface area contributed by atoms with Gasteiger partial charge >= 0.3 is 6.61 Å². The third-order valence-electron chi connectivity index (χ3n) is 4.40. The van der Waals surface area contributed by atoms with Gasteiger partial charge in [0.15, 0.2) is 0 Å². The molecular weight excluding hydrogens is 316 g/mol. The van der Waals surface area contributed by atoms with Gasteiger partial charge in [-0.3, -0.25) is 4.68 Å². The maximum absolute atomic E-state index is 12.3. The Labute approximate surface area is 139 Å². The molecule has 7 heteroatoms. The van der Waals surface area contributed by atoms with Crippen LogP contribution in [0.4, 0.5) is 8.78 Å². The van der Waals surface area contributed by atoms with Crippen LogP contribution in [0.2, 0.25) is 0 Å². The van der Waals surface area contributed by atoms with Crippen LogP contribution in [0, 0.1) is 0 Å². The fourth-order valence-corrected chi connectivity index (χ4v) is 3.19. The Balaban J connectivity index is 1.63. The van der Waals surface area contributed by atoms with Gasteiger partial charge in [-0.2, -0.15) is 13.9 Å². The van der Waals surface area contributed by atoms with E-state index in [-0.39, 0.29) is 11.8 Å². The summed E-state index contributed by atoms with van der Waals surface area (Å²) >= 11 is 0. The number of ether oxygens (including phenoxy) is 1. The predicted octanol–water partition coefficient (Wildman–Crippen LogP) is 2.72. The molecule has 2 aromatic rings. The van der Waals surface area contributed by atoms with Crippen LogP contribution < -0.4 is 10.1 Å². The van der Waals surface area contributed by atoms with Crippen LogP contribution >= 0.6 is 0 Å². The van der Waals surface area contributed by atoms with E-state index in [1.54, 1.807) is 12.1 Å². The number of aryl methyl sites for hydroxylation is 1. The van der Waals surface area contributed by atoms with Crippen molar-refractivity contribution in [2.75, 3.05) is 6.54 Å². The first kappa shape index (κ1) is 16.9. The molecule has 1 aliphatic carbocycles. The molecule has 1 aromatic heterocycles. The van der Waals surface area contributed by atoms with E-state index in [1.165, 1.54) is 23.4 Å². The van der Waals surface area contributed by atoms with Gasteiger partial charge in [-0.05, 0) is 37.0 Å². The molecule has 2 unspecified atom stereocenters. The number of hydrogen-bond acceptors (Lipinski definition) is 4. The molecule has 1 aromatic carbocycles. The zero-order valence-corrected chi connectivity index (χ0v) is 13.5. The lowest BCUT2D eigenvalue weighted by atomic mass is 9.92. The number of benzene rings is 1. The Hall–Kier alpha value is -1.99. The number of aliphatic hydroxyl groups is 1. The topological polar surface area (TPSA) is 59.3 Å². The summed E-state index contributed by atoms with van der Waals surface area (Å²) in [5, 5.41) is 18.0. The van der Waals surface area contributed by atoms with Crippen molar-refractivity contribution in [3.63, 3.8) is 0 Å². The molecule has 1 heterocycles. The second-order valence-electron chi connectivity index (χ2n) is 5.99. The average molecular weight is 337 g/mol. The van der Waals surface area contributed by atoms with Crippen molar-refractivity contribution in [1.29, 1.82) is 0 Å². The second kappa shape index (κ2) is 7.27. The monoisotopic (exact) mass is 337 g/mol. The van der Waals surface area contributed by atoms with Gasteiger partial charge in [0.1, 0.15) is 5.75 Å². The number of alkyl halides is 2. The standard InChI is InChI=1S/C17H21F2N3O2/c1-22-15-7-3-6-14(13(15)9-21-22)20-10-16(23)11-4-2-5-12(8-11)24-17(18)19/h2,4-5,8-9,14,16-17,20,23H,3,6-7,10H2,1H3. The highest BCUT2D eigenvalue weighted by atomic mass is 19.3. The minimum Gasteiger partial charge on any atom is -0.435 e. The number of aromatic nitrogens is 2. The molecule has 0 aliphatic heterocycles. The van der Waals surface area contributed by atoms with E-state index >= 15 is 0 Å². The first-order valence-corrected chi connectivity index (χ1v) is 8.01. The van der Waals surface area contributed by atoms with Crippen molar-refractivity contribution in [3.05, 3.63) is 47.3 Å². The maximum Gasteiger partial charge on any atom is 0.387 e. The molecule has 0 amide bonds. The van der Waals surface area contributed by atoms with Crippen molar-refractivity contribution in [3.8, 4) is 5.75 Å². The van der Waals surface area contributed by atoms with Gasteiger partial charge in [-0.1, -0.05) is 12.1 Å². The summed E-state index contributed by atoms with van der Waals surface area (Å²) in [6.07, 6.45) is 4.14. The van der Waals surface area contributed by atoms with Gasteiger partial charge in [-0.25, -0.2) is 0 Å². The van der Waals surface area contributed by atoms with E-state index in [0.717, 1.165) is 19.3 Å². The predicted molar refractivity (Wildman–Crippen MR) is 84.9 cm³/mol. The third kappa shape index (κ3) is 3.73. The van der Waals surface area contributed by atoms with Crippen molar-refractivity contribution >= 4 is 0 Å². The lowest BCUT2D eigenvalue weighted by Crippen LogP contribution is -2.29. The molecule has 130 valence electrons. The molecule has 0 saturated carbocycles. The van der Waals surface area contributed by atoms with Crippen LogP contribution in [-0.4, -0.2) is 28.0 Å². The highest BCUT2D eigenvalue weighted by molar-refractivity contribution is 5.30. The summed E-state index contributed by atoms with van der Waals surface area (Å²) in [5.74, 6) is 0.0498. The lowest BCUT2D eigenvalue weighted by Gasteiger charge is -2.25. The van der Waals surface area contributed by atoms with Crippen molar-refractivity contribution in [2.24, 2.45) is 7.05 Å². The first-order chi connectivity index (χ1) is 11.5. The fourth-order valence-electron chi connectivity index (χ4n) is 3.19. The normalized spacial score (nSPS) is 18.5. The number of nitrogens with one attached hydrogen (secondary N) is 1. The number of aliphatic hydroxyl groups excluding tert-OH is 1. The number of fused-ring (bicyclic) bond motifs is 1. The first-order valence-electron chi connectivity index (χ1n) is 8.01. The van der Waals surface area contributed by atoms with Crippen LogP contribution in [0.25, 0.3) is 0 Å². The Morgan fingerprint density at radius 3 is 3.08 bits per heavy atom. The molecule has 1 aliphatic rings. The highest BCUT2D eigenvalue weighted by Crippen LogP contribution is 2.29. The van der Waals surface area contributed by atoms with Crippen LogP contribution in [0.1, 0.15) is 41.8 Å². The minimum atomic E-state index is -2.87. The van der Waals surface area contributed by atoms with Crippen LogP contribution in [0.3, 0.4) is 0 Å². The number of rotatable bonds is 6. The molecular formula is C17H21F2N3O2. The highest BCUT2D eigenvalue weighted by Gasteiger charge is 2.23. The maximum atomic E-state index is 12.3. The van der Waals surface area contributed by atoms with Gasteiger partial charge in [0, 0.05) is 30.9 Å². The lowest BCUT2D eigenvalue weighted by molar-refractivity contribution is -0.0499. The average Bonchev–Trinajstić information content (AvgIpc) is 2.94. The zero-order valence-electron chi connectivity index (χ0n) is 13.5. The van der Waals surface area contributed by atoms with E-state index < -0.39 is 12.7 Å². The Morgan fingerprint density at radius 1 is 1.46 bits per heavy atom. The van der Waals surface area contributed by atoms with Gasteiger partial charge in [0.25, 0.3) is 0 Å². The van der Waals surface area contributed by atoms with Crippen molar-refractivity contribution in [1.82, 2.24) is 15.1 Å². The molecule has 0 saturated heterocycles. The summed E-state index contributed by atoms with van der Waals surface area (Å²) in [5.41, 5.74) is 2.94. The minimum absolute atomic E-state index is 0.0498. The van der Waals surface area contributed by atoms with Crippen LogP contribution in [0.15, 0.2) is 30.5 Å². The van der Waals surface area contributed by atoms with Crippen LogP contribution in [-0.2, 0) is 13.5 Å². The molecule has 24 heavy (non-hydrogen) atoms. The quantitative estimate of drug-likeness (QED) is 0.851. The molecule has 0 bridgehead atoms.